The van der Waals surface area contributed by atoms with Gasteiger partial charge >= 0.3 is 0 Å². The fourth-order valence-corrected chi connectivity index (χ4v) is 2.60. The molecule has 2 atom stereocenters. The van der Waals surface area contributed by atoms with Crippen molar-refractivity contribution < 1.29 is 4.79 Å². The first kappa shape index (κ1) is 14.5. The zero-order valence-electron chi connectivity index (χ0n) is 11.6. The van der Waals surface area contributed by atoms with Crippen LogP contribution in [0.3, 0.4) is 0 Å². The monoisotopic (exact) mass is 240 g/mol. The Morgan fingerprint density at radius 2 is 1.94 bits per heavy atom. The first-order valence-corrected chi connectivity index (χ1v) is 7.06. The summed E-state index contributed by atoms with van der Waals surface area (Å²) < 4.78 is 0. The molecule has 0 aromatic carbocycles. The Hall–Kier alpha value is -0.570. The molecule has 0 unspecified atom stereocenters. The maximum Gasteiger partial charge on any atom is 0.239 e. The summed E-state index contributed by atoms with van der Waals surface area (Å²) in [5, 5.41) is 0. The Kier molecular flexibility index (Phi) is 5.96. The lowest BCUT2D eigenvalue weighted by Gasteiger charge is -2.30. The molecule has 3 heteroatoms. The third-order valence-electron chi connectivity index (χ3n) is 4.18. The molecule has 1 amide bonds. The molecular weight excluding hydrogens is 212 g/mol. The van der Waals surface area contributed by atoms with E-state index in [1.807, 2.05) is 11.9 Å². The Morgan fingerprint density at radius 3 is 2.47 bits per heavy atom. The predicted octanol–water partition coefficient (Wildman–Crippen LogP) is 2.40. The second kappa shape index (κ2) is 7.00. The van der Waals surface area contributed by atoms with Crippen LogP contribution in [0.15, 0.2) is 0 Å². The summed E-state index contributed by atoms with van der Waals surface area (Å²) in [6.07, 6.45) is 7.52. The number of nitrogens with zero attached hydrogens (tertiary/aromatic N) is 1. The topological polar surface area (TPSA) is 46.3 Å². The van der Waals surface area contributed by atoms with Crippen LogP contribution in [0.2, 0.25) is 0 Å². The van der Waals surface area contributed by atoms with Gasteiger partial charge < -0.3 is 10.6 Å². The lowest BCUT2D eigenvalue weighted by atomic mass is 9.88. The summed E-state index contributed by atoms with van der Waals surface area (Å²) in [5.74, 6) is 1.09. The van der Waals surface area contributed by atoms with E-state index in [0.29, 0.717) is 5.92 Å². The van der Waals surface area contributed by atoms with E-state index in [9.17, 15) is 4.79 Å². The largest absolute Gasteiger partial charge is 0.344 e. The van der Waals surface area contributed by atoms with E-state index >= 15 is 0 Å². The summed E-state index contributed by atoms with van der Waals surface area (Å²) in [7, 11) is 1.90. The van der Waals surface area contributed by atoms with E-state index in [4.69, 9.17) is 5.73 Å². The number of likely N-dealkylation sites (N-methyl/N-ethyl adjacent to an activating group) is 1. The summed E-state index contributed by atoms with van der Waals surface area (Å²) in [5.41, 5.74) is 5.99. The predicted molar refractivity (Wildman–Crippen MR) is 71.6 cm³/mol. The first-order chi connectivity index (χ1) is 8.06. The van der Waals surface area contributed by atoms with Crippen molar-refractivity contribution in [3.05, 3.63) is 0 Å². The average molecular weight is 240 g/mol. The molecule has 17 heavy (non-hydrogen) atoms. The highest BCUT2D eigenvalue weighted by atomic mass is 16.2. The lowest BCUT2D eigenvalue weighted by molar-refractivity contribution is -0.133. The van der Waals surface area contributed by atoms with Crippen molar-refractivity contribution >= 4 is 5.91 Å². The molecule has 3 nitrogen and oxygen atoms in total. The first-order valence-electron chi connectivity index (χ1n) is 7.06. The van der Waals surface area contributed by atoms with Crippen molar-refractivity contribution in [1.82, 2.24) is 4.90 Å². The standard InChI is InChI=1S/C14H28N2O/c1-4-11(2)13(15)14(17)16(3)10-12-8-6-5-7-9-12/h11-13H,4-10,15H2,1-3H3/t11-,13-/m0/s1. The van der Waals surface area contributed by atoms with E-state index in [0.717, 1.165) is 13.0 Å². The summed E-state index contributed by atoms with van der Waals surface area (Å²) in [4.78, 5) is 14.0. The third-order valence-corrected chi connectivity index (χ3v) is 4.18. The van der Waals surface area contributed by atoms with Gasteiger partial charge in [0.25, 0.3) is 0 Å². The highest BCUT2D eigenvalue weighted by molar-refractivity contribution is 5.81. The molecule has 100 valence electrons. The van der Waals surface area contributed by atoms with Gasteiger partial charge in [0.1, 0.15) is 0 Å². The van der Waals surface area contributed by atoms with Gasteiger partial charge in [-0.15, -0.1) is 0 Å². The van der Waals surface area contributed by atoms with Crippen LogP contribution in [0, 0.1) is 11.8 Å². The molecule has 1 aliphatic rings. The van der Waals surface area contributed by atoms with Crippen LogP contribution in [-0.4, -0.2) is 30.4 Å². The molecule has 0 aromatic rings. The fourth-order valence-electron chi connectivity index (χ4n) is 2.60. The number of hydrogen-bond donors (Lipinski definition) is 1. The summed E-state index contributed by atoms with van der Waals surface area (Å²) in [6, 6.07) is -0.325. The quantitative estimate of drug-likeness (QED) is 0.802. The molecule has 0 radical (unpaired) electrons. The minimum absolute atomic E-state index is 0.116. The Morgan fingerprint density at radius 1 is 1.35 bits per heavy atom. The van der Waals surface area contributed by atoms with Crippen molar-refractivity contribution in [1.29, 1.82) is 0 Å². The van der Waals surface area contributed by atoms with Crippen LogP contribution in [0.25, 0.3) is 0 Å². The van der Waals surface area contributed by atoms with E-state index in [1.165, 1.54) is 32.1 Å². The van der Waals surface area contributed by atoms with Crippen LogP contribution >= 0.6 is 0 Å². The van der Waals surface area contributed by atoms with Gasteiger partial charge in [-0.3, -0.25) is 4.79 Å². The zero-order valence-corrected chi connectivity index (χ0v) is 11.6. The summed E-state index contributed by atoms with van der Waals surface area (Å²) >= 11 is 0. The minimum atomic E-state index is -0.325. The van der Waals surface area contributed by atoms with Crippen molar-refractivity contribution in [3.8, 4) is 0 Å². The average Bonchev–Trinajstić information content (AvgIpc) is 2.37. The number of hydrogen-bond acceptors (Lipinski definition) is 2. The van der Waals surface area contributed by atoms with Crippen LogP contribution in [0.4, 0.5) is 0 Å². The maximum absolute atomic E-state index is 12.1. The van der Waals surface area contributed by atoms with E-state index < -0.39 is 0 Å². The minimum Gasteiger partial charge on any atom is -0.344 e. The molecular formula is C14H28N2O. The molecule has 0 bridgehead atoms. The van der Waals surface area contributed by atoms with Crippen molar-refractivity contribution in [2.75, 3.05) is 13.6 Å². The Bertz CT molecular complexity index is 236. The van der Waals surface area contributed by atoms with Gasteiger partial charge in [-0.1, -0.05) is 39.5 Å². The zero-order chi connectivity index (χ0) is 12.8. The van der Waals surface area contributed by atoms with Crippen LogP contribution in [-0.2, 0) is 4.79 Å². The van der Waals surface area contributed by atoms with E-state index in [-0.39, 0.29) is 17.9 Å². The highest BCUT2D eigenvalue weighted by Gasteiger charge is 2.25. The van der Waals surface area contributed by atoms with Gasteiger partial charge in [0.15, 0.2) is 0 Å². The molecule has 1 rings (SSSR count). The van der Waals surface area contributed by atoms with Gasteiger partial charge in [0.2, 0.25) is 5.91 Å². The number of carbonyl (C=O) groups excluding carboxylic acids is 1. The van der Waals surface area contributed by atoms with Crippen molar-refractivity contribution in [3.63, 3.8) is 0 Å². The van der Waals surface area contributed by atoms with Gasteiger partial charge in [-0.05, 0) is 24.7 Å². The van der Waals surface area contributed by atoms with Gasteiger partial charge in [-0.25, -0.2) is 0 Å². The van der Waals surface area contributed by atoms with Crippen LogP contribution in [0.1, 0.15) is 52.4 Å². The molecule has 0 spiro atoms. The van der Waals surface area contributed by atoms with Gasteiger partial charge in [0.05, 0.1) is 6.04 Å². The van der Waals surface area contributed by atoms with Crippen molar-refractivity contribution in [2.24, 2.45) is 17.6 Å². The van der Waals surface area contributed by atoms with Gasteiger partial charge in [0, 0.05) is 13.6 Å². The molecule has 1 aliphatic carbocycles. The molecule has 2 N–H and O–H groups in total. The number of nitrogens with two attached hydrogens (primary N) is 1. The second-order valence-corrected chi connectivity index (χ2v) is 5.63. The smallest absolute Gasteiger partial charge is 0.239 e. The molecule has 0 aliphatic heterocycles. The van der Waals surface area contributed by atoms with E-state index in [2.05, 4.69) is 13.8 Å². The van der Waals surface area contributed by atoms with E-state index in [1.54, 1.807) is 0 Å². The van der Waals surface area contributed by atoms with Crippen LogP contribution < -0.4 is 5.73 Å². The number of carbonyl (C=O) groups is 1. The highest BCUT2D eigenvalue weighted by Crippen LogP contribution is 2.24. The fraction of sp³-hybridized carbons (Fsp3) is 0.929. The summed E-state index contributed by atoms with van der Waals surface area (Å²) in [6.45, 7) is 5.03. The van der Waals surface area contributed by atoms with Gasteiger partial charge in [-0.2, -0.15) is 0 Å². The normalized spacial score (nSPS) is 20.9. The number of rotatable bonds is 5. The Balaban J connectivity index is 2.40. The maximum atomic E-state index is 12.1. The molecule has 0 aromatic heterocycles. The Labute approximate surface area is 106 Å². The number of amides is 1. The molecule has 0 heterocycles. The molecule has 1 saturated carbocycles. The molecule has 1 fully saturated rings. The van der Waals surface area contributed by atoms with Crippen molar-refractivity contribution in [2.45, 2.75) is 58.4 Å². The second-order valence-electron chi connectivity index (χ2n) is 5.63. The lowest BCUT2D eigenvalue weighted by Crippen LogP contribution is -2.46. The third kappa shape index (κ3) is 4.30. The SMILES string of the molecule is CC[C@H](C)[C@H](N)C(=O)N(C)CC1CCCCC1. The molecule has 0 saturated heterocycles. The van der Waals surface area contributed by atoms with Crippen LogP contribution in [0.5, 0.6) is 0 Å².